The molecule has 0 aromatic carbocycles. The number of hydrogen-bond acceptors (Lipinski definition) is 3. The summed E-state index contributed by atoms with van der Waals surface area (Å²) in [5.74, 6) is 0.168. The van der Waals surface area contributed by atoms with Crippen molar-refractivity contribution in [1.29, 1.82) is 0 Å². The lowest BCUT2D eigenvalue weighted by atomic mass is 10.6. The van der Waals surface area contributed by atoms with Crippen LogP contribution in [0.1, 0.15) is 0 Å². The van der Waals surface area contributed by atoms with E-state index in [0.717, 1.165) is 12.0 Å². The molecule has 0 spiro atoms. The number of hydrogen-bond donors (Lipinski definition) is 2. The molecular formula is C5H12ClN3O2S. The Labute approximate surface area is 81.7 Å². The summed E-state index contributed by atoms with van der Waals surface area (Å²) < 4.78 is 4.60. The van der Waals surface area contributed by atoms with Gasteiger partial charge in [0, 0.05) is 14.1 Å². The van der Waals surface area contributed by atoms with Gasteiger partial charge < -0.3 is 21.5 Å². The standard InChI is InChI=1S/C5H11N3O2S.ClH/c1-8(2)4(9)3-11-10-5(6)7;/h3H2,1-2H3,(H3,6,7);1H. The number of rotatable bonds is 3. The first-order valence-corrected chi connectivity index (χ1v) is 3.82. The lowest BCUT2D eigenvalue weighted by molar-refractivity contribution is -0.131. The molecule has 12 heavy (non-hydrogen) atoms. The topological polar surface area (TPSA) is 81.2 Å². The summed E-state index contributed by atoms with van der Waals surface area (Å²) in [6, 6.07) is -0.137. The van der Waals surface area contributed by atoms with Gasteiger partial charge in [0.1, 0.15) is 5.75 Å². The van der Waals surface area contributed by atoms with Crippen LogP contribution in [-0.2, 0) is 8.98 Å². The molecule has 7 heteroatoms. The van der Waals surface area contributed by atoms with Crippen LogP contribution in [0.4, 0.5) is 0 Å². The predicted octanol–water partition coefficient (Wildman–Crippen LogP) is -5.18. The van der Waals surface area contributed by atoms with E-state index >= 15 is 0 Å². The van der Waals surface area contributed by atoms with Crippen LogP contribution in [0.3, 0.4) is 0 Å². The molecule has 0 aliphatic heterocycles. The van der Waals surface area contributed by atoms with Gasteiger partial charge in [0.2, 0.25) is 5.91 Å². The highest BCUT2D eigenvalue weighted by molar-refractivity contribution is 7.95. The molecule has 5 nitrogen and oxygen atoms in total. The summed E-state index contributed by atoms with van der Waals surface area (Å²) >= 11 is 0.920. The molecule has 0 saturated heterocycles. The number of nitrogens with two attached hydrogens (primary N) is 2. The molecule has 0 aromatic heterocycles. The van der Waals surface area contributed by atoms with Crippen LogP contribution in [0.5, 0.6) is 0 Å². The van der Waals surface area contributed by atoms with Gasteiger partial charge in [-0.05, 0) is 0 Å². The van der Waals surface area contributed by atoms with Gasteiger partial charge in [-0.15, -0.1) is 0 Å². The molecule has 0 bridgehead atoms. The monoisotopic (exact) mass is 213 g/mol. The highest BCUT2D eigenvalue weighted by Gasteiger charge is 2.05. The lowest BCUT2D eigenvalue weighted by Crippen LogP contribution is -3.00. The van der Waals surface area contributed by atoms with Crippen molar-refractivity contribution in [3.05, 3.63) is 0 Å². The average Bonchev–Trinajstić information content (AvgIpc) is 1.86. The third kappa shape index (κ3) is 7.49. The zero-order chi connectivity index (χ0) is 8.85. The number of carbonyl (C=O) groups excluding carboxylic acids is 1. The Balaban J connectivity index is 0. The van der Waals surface area contributed by atoms with Crippen LogP contribution < -0.4 is 23.5 Å². The van der Waals surface area contributed by atoms with Crippen LogP contribution in [0.2, 0.25) is 0 Å². The third-order valence-corrected chi connectivity index (χ3v) is 1.51. The quantitative estimate of drug-likeness (QED) is 0.279. The van der Waals surface area contributed by atoms with E-state index in [0.29, 0.717) is 0 Å². The van der Waals surface area contributed by atoms with Crippen molar-refractivity contribution in [3.8, 4) is 0 Å². The number of nitrogens with zero attached hydrogens (tertiary/aromatic N) is 1. The molecule has 0 aliphatic rings. The molecule has 0 saturated carbocycles. The van der Waals surface area contributed by atoms with E-state index in [1.165, 1.54) is 4.90 Å². The molecule has 0 rings (SSSR count). The molecule has 0 fully saturated rings. The summed E-state index contributed by atoms with van der Waals surface area (Å²) in [4.78, 5) is 12.3. The van der Waals surface area contributed by atoms with E-state index in [9.17, 15) is 4.79 Å². The Morgan fingerprint density at radius 2 is 2.17 bits per heavy atom. The molecule has 0 aromatic rings. The van der Waals surface area contributed by atoms with E-state index in [-0.39, 0.29) is 30.1 Å². The Morgan fingerprint density at radius 1 is 1.67 bits per heavy atom. The molecule has 0 radical (unpaired) electrons. The largest absolute Gasteiger partial charge is 1.00 e. The normalized spacial score (nSPS) is 8.17. The molecule has 0 heterocycles. The van der Waals surface area contributed by atoms with Gasteiger partial charge in [-0.1, -0.05) is 0 Å². The summed E-state index contributed by atoms with van der Waals surface area (Å²) in [5, 5.41) is 4.98. The van der Waals surface area contributed by atoms with Gasteiger partial charge >= 0.3 is 6.02 Å². The first-order chi connectivity index (χ1) is 5.04. The SMILES string of the molecule is CN(C)C(=O)CSOC(N)=[NH2+].[Cl-]. The summed E-state index contributed by atoms with van der Waals surface area (Å²) in [6.45, 7) is 0. The maximum absolute atomic E-state index is 10.9. The molecule has 1 amide bonds. The lowest BCUT2D eigenvalue weighted by Gasteiger charge is -2.07. The van der Waals surface area contributed by atoms with Crippen molar-refractivity contribution < 1.29 is 26.8 Å². The van der Waals surface area contributed by atoms with Gasteiger partial charge in [0.05, 0.1) is 12.0 Å². The second kappa shape index (κ2) is 7.05. The summed E-state index contributed by atoms with van der Waals surface area (Å²) in [5.41, 5.74) is 4.98. The third-order valence-electron chi connectivity index (χ3n) is 0.836. The Bertz CT molecular complexity index is 165. The van der Waals surface area contributed by atoms with Crippen molar-refractivity contribution in [1.82, 2.24) is 4.90 Å². The van der Waals surface area contributed by atoms with E-state index in [2.05, 4.69) is 4.18 Å². The molecular weight excluding hydrogens is 202 g/mol. The fourth-order valence-electron chi connectivity index (χ4n) is 0.277. The van der Waals surface area contributed by atoms with Crippen molar-refractivity contribution in [2.75, 3.05) is 19.8 Å². The van der Waals surface area contributed by atoms with Crippen LogP contribution >= 0.6 is 12.0 Å². The predicted molar refractivity (Wildman–Crippen MR) is 43.4 cm³/mol. The van der Waals surface area contributed by atoms with Crippen LogP contribution in [0, 0.1) is 0 Å². The fourth-order valence-corrected chi connectivity index (χ4v) is 0.831. The van der Waals surface area contributed by atoms with Gasteiger partial charge in [0.25, 0.3) is 0 Å². The minimum atomic E-state index is -0.137. The van der Waals surface area contributed by atoms with E-state index in [1.807, 2.05) is 0 Å². The molecule has 0 atom stereocenters. The highest BCUT2D eigenvalue weighted by Crippen LogP contribution is 2.00. The fraction of sp³-hybridized carbons (Fsp3) is 0.600. The highest BCUT2D eigenvalue weighted by atomic mass is 35.5. The summed E-state index contributed by atoms with van der Waals surface area (Å²) in [7, 11) is 3.33. The zero-order valence-corrected chi connectivity index (χ0v) is 8.48. The number of amidine groups is 1. The second-order valence-corrected chi connectivity index (χ2v) is 2.73. The van der Waals surface area contributed by atoms with Crippen LogP contribution in [0.15, 0.2) is 0 Å². The van der Waals surface area contributed by atoms with Crippen molar-refractivity contribution >= 4 is 24.0 Å². The van der Waals surface area contributed by atoms with Gasteiger partial charge in [0.15, 0.2) is 0 Å². The van der Waals surface area contributed by atoms with Crippen molar-refractivity contribution in [3.63, 3.8) is 0 Å². The van der Waals surface area contributed by atoms with E-state index in [4.69, 9.17) is 11.1 Å². The maximum atomic E-state index is 10.9. The minimum absolute atomic E-state index is 0. The van der Waals surface area contributed by atoms with Crippen LogP contribution in [0.25, 0.3) is 0 Å². The van der Waals surface area contributed by atoms with Gasteiger partial charge in [-0.2, -0.15) is 0 Å². The van der Waals surface area contributed by atoms with Gasteiger partial charge in [-0.25, -0.2) is 0 Å². The van der Waals surface area contributed by atoms with Crippen LogP contribution in [-0.4, -0.2) is 36.7 Å². The number of halogens is 1. The Kier molecular flexibility index (Phi) is 8.19. The number of carbonyl (C=O) groups is 1. The van der Waals surface area contributed by atoms with E-state index in [1.54, 1.807) is 14.1 Å². The Hall–Kier alpha value is -0.620. The zero-order valence-electron chi connectivity index (χ0n) is 6.91. The molecule has 4 N–H and O–H groups in total. The van der Waals surface area contributed by atoms with Crippen molar-refractivity contribution in [2.45, 2.75) is 0 Å². The first kappa shape index (κ1) is 13.9. The maximum Gasteiger partial charge on any atom is 0.449 e. The second-order valence-electron chi connectivity index (χ2n) is 2.04. The average molecular weight is 214 g/mol. The van der Waals surface area contributed by atoms with Crippen molar-refractivity contribution in [2.24, 2.45) is 5.73 Å². The number of amides is 1. The Morgan fingerprint density at radius 3 is 2.50 bits per heavy atom. The van der Waals surface area contributed by atoms with E-state index < -0.39 is 0 Å². The summed E-state index contributed by atoms with van der Waals surface area (Å²) in [6.07, 6.45) is 0. The molecule has 0 unspecified atom stereocenters. The first-order valence-electron chi connectivity index (χ1n) is 2.91. The van der Waals surface area contributed by atoms with Gasteiger partial charge in [-0.3, -0.25) is 15.9 Å². The smallest absolute Gasteiger partial charge is 0.449 e. The molecule has 72 valence electrons. The molecule has 0 aliphatic carbocycles. The minimum Gasteiger partial charge on any atom is -1.00 e.